The lowest BCUT2D eigenvalue weighted by Crippen LogP contribution is -2.62. The Bertz CT molecular complexity index is 1380. The minimum atomic E-state index is -0.218. The van der Waals surface area contributed by atoms with Gasteiger partial charge in [-0.25, -0.2) is 4.79 Å². The van der Waals surface area contributed by atoms with Crippen molar-refractivity contribution in [1.82, 2.24) is 26.6 Å². The number of benzene rings is 2. The van der Waals surface area contributed by atoms with E-state index in [4.69, 9.17) is 4.74 Å². The number of piperidine rings is 1. The van der Waals surface area contributed by atoms with Crippen LogP contribution in [0.2, 0.25) is 0 Å². The van der Waals surface area contributed by atoms with Gasteiger partial charge in [0.05, 0.1) is 22.9 Å². The second-order valence-corrected chi connectivity index (χ2v) is 12.6. The van der Waals surface area contributed by atoms with E-state index in [9.17, 15) is 14.4 Å². The van der Waals surface area contributed by atoms with Crippen LogP contribution in [0, 0.1) is 12.8 Å². The summed E-state index contributed by atoms with van der Waals surface area (Å²) in [5, 5.41) is 15.8. The van der Waals surface area contributed by atoms with Crippen molar-refractivity contribution in [2.24, 2.45) is 5.92 Å². The number of carbonyl (C=O) groups is 3. The number of urea groups is 1. The molecule has 5 atom stereocenters. The number of carbonyl (C=O) groups excluding carboxylic acids is 3. The molecule has 42 heavy (non-hydrogen) atoms. The normalized spacial score (nSPS) is 26.8. The predicted octanol–water partition coefficient (Wildman–Crippen LogP) is 3.34. The number of ether oxygens (including phenoxy) is 1. The minimum absolute atomic E-state index is 0.00327. The van der Waals surface area contributed by atoms with E-state index in [2.05, 4.69) is 26.6 Å². The molecule has 0 spiro atoms. The number of nitrogens with zero attached hydrogens (tertiary/aromatic N) is 1. The van der Waals surface area contributed by atoms with Crippen molar-refractivity contribution >= 4 is 35.3 Å². The molecule has 11 heteroatoms. The molecule has 0 radical (unpaired) electrons. The molecule has 2 saturated heterocycles. The van der Waals surface area contributed by atoms with Crippen molar-refractivity contribution in [3.8, 4) is 11.5 Å². The van der Waals surface area contributed by atoms with Gasteiger partial charge < -0.3 is 31.3 Å². The molecule has 0 aromatic heterocycles. The average Bonchev–Trinajstić information content (AvgIpc) is 3.34. The Morgan fingerprint density at radius 1 is 1.05 bits per heavy atom. The molecule has 3 aliphatic heterocycles. The maximum Gasteiger partial charge on any atom is 0.326 e. The van der Waals surface area contributed by atoms with E-state index >= 15 is 0 Å². The summed E-state index contributed by atoms with van der Waals surface area (Å²) < 4.78 is 6.01. The number of aryl methyl sites for hydroxylation is 1. The third-order valence-corrected chi connectivity index (χ3v) is 9.82. The SMILES string of the molecule is CNCC(=O)N[C@H]1CCC[C@H](NC(=O)C2=C3NC(=O)N(c4ccc(Oc5ccccc5)cc4C)C4CCNC(S2)C34)C1. The number of para-hydroxylation sites is 1. The van der Waals surface area contributed by atoms with Gasteiger partial charge in [-0.15, -0.1) is 0 Å². The van der Waals surface area contributed by atoms with Gasteiger partial charge in [0, 0.05) is 29.4 Å². The lowest BCUT2D eigenvalue weighted by atomic mass is 9.86. The molecule has 1 saturated carbocycles. The lowest BCUT2D eigenvalue weighted by molar-refractivity contribution is -0.121. The molecular formula is C31H38N6O4S. The third-order valence-electron chi connectivity index (χ3n) is 8.47. The minimum Gasteiger partial charge on any atom is -0.457 e. The van der Waals surface area contributed by atoms with Gasteiger partial charge in [0.1, 0.15) is 11.5 Å². The second kappa shape index (κ2) is 12.4. The van der Waals surface area contributed by atoms with Crippen LogP contribution in [0.15, 0.2) is 59.1 Å². The summed E-state index contributed by atoms with van der Waals surface area (Å²) in [7, 11) is 1.75. The number of rotatable bonds is 8. The van der Waals surface area contributed by atoms with Crippen LogP contribution < -0.4 is 36.2 Å². The molecule has 6 rings (SSSR count). The van der Waals surface area contributed by atoms with Crippen molar-refractivity contribution < 1.29 is 19.1 Å². The zero-order chi connectivity index (χ0) is 29.2. The van der Waals surface area contributed by atoms with Gasteiger partial charge in [-0.2, -0.15) is 0 Å². The highest BCUT2D eigenvalue weighted by Crippen LogP contribution is 2.48. The van der Waals surface area contributed by atoms with Crippen LogP contribution in [0.3, 0.4) is 0 Å². The Hall–Kier alpha value is -3.54. The number of hydrogen-bond donors (Lipinski definition) is 5. The van der Waals surface area contributed by atoms with Crippen LogP contribution in [-0.4, -0.2) is 61.5 Å². The largest absolute Gasteiger partial charge is 0.457 e. The van der Waals surface area contributed by atoms with Crippen molar-refractivity contribution in [2.75, 3.05) is 25.0 Å². The first-order valence-electron chi connectivity index (χ1n) is 14.7. The van der Waals surface area contributed by atoms with Crippen LogP contribution in [0.25, 0.3) is 0 Å². The van der Waals surface area contributed by atoms with Gasteiger partial charge in [0.25, 0.3) is 5.91 Å². The monoisotopic (exact) mass is 590 g/mol. The fourth-order valence-corrected chi connectivity index (χ4v) is 8.03. The van der Waals surface area contributed by atoms with Crippen LogP contribution in [0.5, 0.6) is 11.5 Å². The van der Waals surface area contributed by atoms with E-state index in [1.165, 1.54) is 11.8 Å². The fourth-order valence-electron chi connectivity index (χ4n) is 6.63. The Balaban J connectivity index is 1.18. The average molecular weight is 591 g/mol. The topological polar surface area (TPSA) is 124 Å². The molecule has 222 valence electrons. The summed E-state index contributed by atoms with van der Waals surface area (Å²) in [5.41, 5.74) is 2.50. The first-order valence-corrected chi connectivity index (χ1v) is 15.6. The summed E-state index contributed by atoms with van der Waals surface area (Å²) in [4.78, 5) is 41.8. The molecule has 3 unspecified atom stereocenters. The third kappa shape index (κ3) is 5.86. The Kier molecular flexibility index (Phi) is 8.41. The van der Waals surface area contributed by atoms with E-state index in [-0.39, 0.29) is 53.8 Å². The molecule has 2 aromatic rings. The van der Waals surface area contributed by atoms with Gasteiger partial charge >= 0.3 is 6.03 Å². The van der Waals surface area contributed by atoms with Crippen molar-refractivity contribution in [3.63, 3.8) is 0 Å². The molecule has 10 nitrogen and oxygen atoms in total. The standard InChI is InChI=1S/C31H38N6O4S/c1-18-15-22(41-21-9-4-3-5-10-21)11-12-23(18)37-24-13-14-33-30-26(24)27(36-31(37)40)28(42-30)29(39)35-20-8-6-7-19(16-20)34-25(38)17-32-2/h3-5,9-12,15,19-20,24,26,30,32-33H,6-8,13-14,16-17H2,1-2H3,(H,34,38)(H,35,39)(H,36,40)/t19-,20-,24?,26?,30?/m0/s1. The van der Waals surface area contributed by atoms with E-state index in [1.807, 2.05) is 60.4 Å². The first kappa shape index (κ1) is 28.6. The summed E-state index contributed by atoms with van der Waals surface area (Å²) in [5.74, 6) is 1.26. The highest BCUT2D eigenvalue weighted by atomic mass is 32.2. The van der Waals surface area contributed by atoms with Gasteiger partial charge in [-0.05, 0) is 88.5 Å². The molecule has 1 aliphatic carbocycles. The van der Waals surface area contributed by atoms with E-state index in [0.29, 0.717) is 17.1 Å². The van der Waals surface area contributed by atoms with Gasteiger partial charge in [-0.1, -0.05) is 30.0 Å². The van der Waals surface area contributed by atoms with Crippen LogP contribution >= 0.6 is 11.8 Å². The van der Waals surface area contributed by atoms with Gasteiger partial charge in [0.15, 0.2) is 0 Å². The molecule has 0 bridgehead atoms. The molecular weight excluding hydrogens is 552 g/mol. The second-order valence-electron chi connectivity index (χ2n) is 11.4. The number of likely N-dealkylation sites (N-methyl/N-ethyl adjacent to an activating group) is 1. The van der Waals surface area contributed by atoms with Gasteiger partial charge in [0.2, 0.25) is 5.91 Å². The molecule has 4 amide bonds. The summed E-state index contributed by atoms with van der Waals surface area (Å²) in [6.45, 7) is 3.03. The number of nitrogens with one attached hydrogen (secondary N) is 5. The van der Waals surface area contributed by atoms with E-state index in [0.717, 1.165) is 54.9 Å². The molecule has 5 N–H and O–H groups in total. The molecule has 4 aliphatic rings. The van der Waals surface area contributed by atoms with Crippen LogP contribution in [0.1, 0.15) is 37.7 Å². The lowest BCUT2D eigenvalue weighted by Gasteiger charge is -2.46. The van der Waals surface area contributed by atoms with Gasteiger partial charge in [-0.3, -0.25) is 14.5 Å². The molecule has 2 aromatic carbocycles. The smallest absolute Gasteiger partial charge is 0.326 e. The van der Waals surface area contributed by atoms with Crippen LogP contribution in [-0.2, 0) is 9.59 Å². The van der Waals surface area contributed by atoms with E-state index in [1.54, 1.807) is 7.05 Å². The predicted molar refractivity (Wildman–Crippen MR) is 163 cm³/mol. The zero-order valence-corrected chi connectivity index (χ0v) is 24.8. The highest BCUT2D eigenvalue weighted by molar-refractivity contribution is 8.04. The Labute approximate surface area is 250 Å². The number of amides is 4. The summed E-state index contributed by atoms with van der Waals surface area (Å²) >= 11 is 1.51. The summed E-state index contributed by atoms with van der Waals surface area (Å²) in [6.07, 6.45) is 4.19. The maximum absolute atomic E-state index is 13.7. The Morgan fingerprint density at radius 2 is 1.83 bits per heavy atom. The summed E-state index contributed by atoms with van der Waals surface area (Å²) in [6, 6.07) is 15.2. The number of thioether (sulfide) groups is 1. The Morgan fingerprint density at radius 3 is 2.60 bits per heavy atom. The zero-order valence-electron chi connectivity index (χ0n) is 23.9. The van der Waals surface area contributed by atoms with Crippen LogP contribution in [0.4, 0.5) is 10.5 Å². The van der Waals surface area contributed by atoms with Crippen molar-refractivity contribution in [1.29, 1.82) is 0 Å². The fraction of sp³-hybridized carbons (Fsp3) is 0.452. The number of anilines is 1. The first-order chi connectivity index (χ1) is 20.4. The van der Waals surface area contributed by atoms with Crippen molar-refractivity contribution in [3.05, 3.63) is 64.7 Å². The van der Waals surface area contributed by atoms with E-state index < -0.39 is 0 Å². The van der Waals surface area contributed by atoms with Crippen molar-refractivity contribution in [2.45, 2.75) is 62.5 Å². The number of hydrogen-bond acceptors (Lipinski definition) is 7. The molecule has 3 heterocycles. The highest BCUT2D eigenvalue weighted by Gasteiger charge is 2.52. The quantitative estimate of drug-likeness (QED) is 0.320. The molecule has 3 fully saturated rings. The maximum atomic E-state index is 13.7.